The van der Waals surface area contributed by atoms with Crippen LogP contribution in [0, 0.1) is 22.7 Å². The summed E-state index contributed by atoms with van der Waals surface area (Å²) in [5, 5.41) is 18.8. The molecule has 2 aromatic carbocycles. The highest BCUT2D eigenvalue weighted by Crippen LogP contribution is 2.27. The van der Waals surface area contributed by atoms with E-state index in [0.29, 0.717) is 26.4 Å². The van der Waals surface area contributed by atoms with Crippen molar-refractivity contribution >= 4 is 23.0 Å². The molecule has 0 amide bonds. The molecular weight excluding hydrogens is 398 g/mol. The number of rotatable bonds is 5. The Morgan fingerprint density at radius 3 is 2.47 bits per heavy atom. The smallest absolute Gasteiger partial charge is 0.273 e. The van der Waals surface area contributed by atoms with E-state index in [2.05, 4.69) is 0 Å². The molecule has 0 saturated heterocycles. The maximum Gasteiger partial charge on any atom is 0.273 e. The zero-order valence-corrected chi connectivity index (χ0v) is 17.6. The van der Waals surface area contributed by atoms with Crippen LogP contribution in [-0.2, 0) is 6.42 Å². The van der Waals surface area contributed by atoms with Crippen molar-refractivity contribution in [3.8, 4) is 29.3 Å². The monoisotopic (exact) mass is 417 g/mol. The number of methoxy groups -OCH3 is 2. The average Bonchev–Trinajstić information content (AvgIpc) is 3.10. The van der Waals surface area contributed by atoms with Crippen molar-refractivity contribution in [2.45, 2.75) is 13.3 Å². The fraction of sp³-hybridized carbons (Fsp3) is 0.174. The summed E-state index contributed by atoms with van der Waals surface area (Å²) in [6, 6.07) is 16.6. The van der Waals surface area contributed by atoms with E-state index in [4.69, 9.17) is 9.47 Å². The Morgan fingerprint density at radius 1 is 1.10 bits per heavy atom. The van der Waals surface area contributed by atoms with Crippen LogP contribution in [-0.4, -0.2) is 18.8 Å². The molecule has 1 heterocycles. The van der Waals surface area contributed by atoms with E-state index < -0.39 is 0 Å². The van der Waals surface area contributed by atoms with Crippen LogP contribution in [0.2, 0.25) is 0 Å². The second-order valence-corrected chi connectivity index (χ2v) is 7.32. The molecule has 0 aliphatic rings. The molecule has 0 fully saturated rings. The van der Waals surface area contributed by atoms with E-state index in [9.17, 15) is 15.3 Å². The van der Waals surface area contributed by atoms with Crippen LogP contribution in [0.15, 0.2) is 47.3 Å². The standard InChI is InChI=1S/C23H19N3O3S/c1-4-15-6-5-7-18(10-15)26-22(27)21(30-23(26)17(13-24)14-25)12-16-8-9-19(28-2)20(11-16)29-3/h5-12H,4H2,1-3H3/b21-12+. The van der Waals surface area contributed by atoms with Gasteiger partial charge in [0.25, 0.3) is 5.56 Å². The molecule has 0 radical (unpaired) electrons. The molecule has 6 nitrogen and oxygen atoms in total. The van der Waals surface area contributed by atoms with Gasteiger partial charge in [0, 0.05) is 0 Å². The average molecular weight is 417 g/mol. The summed E-state index contributed by atoms with van der Waals surface area (Å²) in [7, 11) is 3.09. The van der Waals surface area contributed by atoms with Gasteiger partial charge in [-0.25, -0.2) is 0 Å². The van der Waals surface area contributed by atoms with E-state index in [-0.39, 0.29) is 11.1 Å². The molecule has 1 aromatic heterocycles. The number of benzene rings is 2. The molecule has 3 rings (SSSR count). The lowest BCUT2D eigenvalue weighted by Crippen LogP contribution is -2.30. The second kappa shape index (κ2) is 9.13. The van der Waals surface area contributed by atoms with Crippen LogP contribution >= 0.6 is 11.3 Å². The highest BCUT2D eigenvalue weighted by Gasteiger charge is 2.12. The van der Waals surface area contributed by atoms with Crippen LogP contribution in [0.3, 0.4) is 0 Å². The molecule has 0 aliphatic carbocycles. The zero-order chi connectivity index (χ0) is 21.7. The third kappa shape index (κ3) is 3.98. The number of aryl methyl sites for hydroxylation is 1. The molecule has 0 bridgehead atoms. The Kier molecular flexibility index (Phi) is 6.36. The lowest BCUT2D eigenvalue weighted by Gasteiger charge is -2.07. The molecule has 0 atom stereocenters. The molecule has 150 valence electrons. The summed E-state index contributed by atoms with van der Waals surface area (Å²) in [6.45, 7) is 2.02. The minimum Gasteiger partial charge on any atom is -0.493 e. The number of hydrogen-bond donors (Lipinski definition) is 0. The van der Waals surface area contributed by atoms with Gasteiger partial charge in [0.2, 0.25) is 0 Å². The maximum atomic E-state index is 13.3. The van der Waals surface area contributed by atoms with Crippen LogP contribution in [0.5, 0.6) is 11.5 Å². The van der Waals surface area contributed by atoms with Gasteiger partial charge in [-0.2, -0.15) is 10.5 Å². The van der Waals surface area contributed by atoms with Gasteiger partial charge in [-0.3, -0.25) is 9.36 Å². The lowest BCUT2D eigenvalue weighted by atomic mass is 10.1. The third-order valence-electron chi connectivity index (χ3n) is 4.54. The molecule has 30 heavy (non-hydrogen) atoms. The molecule has 0 N–H and O–H groups in total. The third-order valence-corrected chi connectivity index (χ3v) is 5.64. The van der Waals surface area contributed by atoms with Crippen molar-refractivity contribution in [1.29, 1.82) is 10.5 Å². The van der Waals surface area contributed by atoms with Crippen LogP contribution in [0.25, 0.3) is 17.3 Å². The maximum absolute atomic E-state index is 13.3. The van der Waals surface area contributed by atoms with E-state index >= 15 is 0 Å². The minimum absolute atomic E-state index is 0.106. The van der Waals surface area contributed by atoms with E-state index in [1.54, 1.807) is 44.6 Å². The first-order valence-corrected chi connectivity index (χ1v) is 9.97. The van der Waals surface area contributed by atoms with E-state index in [1.165, 1.54) is 4.57 Å². The second-order valence-electron chi connectivity index (χ2n) is 6.29. The Labute approximate surface area is 177 Å². The molecule has 0 spiro atoms. The van der Waals surface area contributed by atoms with Gasteiger partial charge in [0.1, 0.15) is 16.8 Å². The first kappa shape index (κ1) is 20.9. The Hall–Kier alpha value is -3.81. The highest BCUT2D eigenvalue weighted by atomic mass is 32.1. The van der Waals surface area contributed by atoms with Crippen molar-refractivity contribution in [2.75, 3.05) is 14.2 Å². The van der Waals surface area contributed by atoms with Crippen molar-refractivity contribution in [2.24, 2.45) is 0 Å². The number of nitriles is 2. The predicted molar refractivity (Wildman–Crippen MR) is 116 cm³/mol. The Bertz CT molecular complexity index is 1340. The number of aromatic nitrogens is 1. The summed E-state index contributed by atoms with van der Waals surface area (Å²) in [5.41, 5.74) is 2.02. The fourth-order valence-electron chi connectivity index (χ4n) is 3.01. The van der Waals surface area contributed by atoms with Crippen LogP contribution in [0.4, 0.5) is 0 Å². The molecule has 0 unspecified atom stereocenters. The van der Waals surface area contributed by atoms with Gasteiger partial charge in [0.05, 0.1) is 24.4 Å². The van der Waals surface area contributed by atoms with Gasteiger partial charge in [-0.05, 0) is 47.9 Å². The molecular formula is C23H19N3O3S. The predicted octanol–water partition coefficient (Wildman–Crippen LogP) is 2.51. The van der Waals surface area contributed by atoms with E-state index in [0.717, 1.165) is 28.9 Å². The normalized spacial score (nSPS) is 10.9. The van der Waals surface area contributed by atoms with Crippen LogP contribution in [0.1, 0.15) is 18.1 Å². The SMILES string of the molecule is CCc1cccc(-n2c(=C(C#N)C#N)s/c(=C/c3ccc(OC)c(OC)c3)c2=O)c1. The van der Waals surface area contributed by atoms with E-state index in [1.807, 2.05) is 37.3 Å². The first-order chi connectivity index (χ1) is 14.6. The molecule has 0 aliphatic heterocycles. The minimum atomic E-state index is -0.291. The Balaban J connectivity index is 2.33. The van der Waals surface area contributed by atoms with Crippen molar-refractivity contribution in [3.63, 3.8) is 0 Å². The summed E-state index contributed by atoms with van der Waals surface area (Å²) in [5.74, 6) is 1.13. The number of nitrogens with zero attached hydrogens (tertiary/aromatic N) is 3. The highest BCUT2D eigenvalue weighted by molar-refractivity contribution is 7.07. The number of thiazole rings is 1. The summed E-state index contributed by atoms with van der Waals surface area (Å²) in [4.78, 5) is 13.3. The summed E-state index contributed by atoms with van der Waals surface area (Å²) in [6.07, 6.45) is 2.52. The quantitative estimate of drug-likeness (QED) is 0.637. The van der Waals surface area contributed by atoms with Gasteiger partial charge < -0.3 is 9.47 Å². The zero-order valence-electron chi connectivity index (χ0n) is 16.8. The molecule has 3 aromatic rings. The van der Waals surface area contributed by atoms with Gasteiger partial charge in [-0.1, -0.05) is 25.1 Å². The lowest BCUT2D eigenvalue weighted by molar-refractivity contribution is 0.355. The fourth-order valence-corrected chi connectivity index (χ4v) is 4.07. The Morgan fingerprint density at radius 2 is 1.83 bits per heavy atom. The van der Waals surface area contributed by atoms with Crippen molar-refractivity contribution < 1.29 is 9.47 Å². The first-order valence-electron chi connectivity index (χ1n) is 9.15. The van der Waals surface area contributed by atoms with Gasteiger partial charge in [-0.15, -0.1) is 11.3 Å². The molecule has 0 saturated carbocycles. The number of hydrogen-bond acceptors (Lipinski definition) is 6. The van der Waals surface area contributed by atoms with Crippen molar-refractivity contribution in [3.05, 3.63) is 73.1 Å². The largest absolute Gasteiger partial charge is 0.493 e. The molecule has 7 heteroatoms. The topological polar surface area (TPSA) is 88.0 Å². The number of ether oxygens (including phenoxy) is 2. The van der Waals surface area contributed by atoms with Gasteiger partial charge >= 0.3 is 0 Å². The van der Waals surface area contributed by atoms with Crippen LogP contribution < -0.4 is 24.2 Å². The van der Waals surface area contributed by atoms with Crippen molar-refractivity contribution in [1.82, 2.24) is 4.57 Å². The summed E-state index contributed by atoms with van der Waals surface area (Å²) < 4.78 is 12.7. The summed E-state index contributed by atoms with van der Waals surface area (Å²) >= 11 is 1.11. The van der Waals surface area contributed by atoms with Gasteiger partial charge in [0.15, 0.2) is 17.1 Å².